The van der Waals surface area contributed by atoms with Gasteiger partial charge in [-0.25, -0.2) is 15.0 Å². The third kappa shape index (κ3) is 5.41. The van der Waals surface area contributed by atoms with E-state index in [1.807, 2.05) is 0 Å². The molecule has 314 valence electrons. The lowest BCUT2D eigenvalue weighted by molar-refractivity contribution is 0.670. The minimum absolute atomic E-state index is 0.537. The molecule has 0 saturated carbocycles. The van der Waals surface area contributed by atoms with Crippen molar-refractivity contribution in [3.8, 4) is 39.9 Å². The highest BCUT2D eigenvalue weighted by atomic mass is 16.3. The predicted molar refractivity (Wildman–Crippen MR) is 283 cm³/mol. The minimum atomic E-state index is 0.537. The first-order chi connectivity index (χ1) is 33.7. The van der Waals surface area contributed by atoms with Crippen molar-refractivity contribution < 1.29 is 4.42 Å². The molecular formula is C63H36N4O. The molecule has 15 rings (SSSR count). The summed E-state index contributed by atoms with van der Waals surface area (Å²) < 4.78 is 9.67. The Morgan fingerprint density at radius 2 is 0.838 bits per heavy atom. The average molecular weight is 865 g/mol. The first-order valence-electron chi connectivity index (χ1n) is 23.1. The van der Waals surface area contributed by atoms with E-state index in [0.29, 0.717) is 23.1 Å². The summed E-state index contributed by atoms with van der Waals surface area (Å²) in [7, 11) is 0. The van der Waals surface area contributed by atoms with Crippen molar-refractivity contribution in [1.82, 2.24) is 19.5 Å². The fourth-order valence-electron chi connectivity index (χ4n) is 11.0. The lowest BCUT2D eigenvalue weighted by Gasteiger charge is -2.14. The van der Waals surface area contributed by atoms with Crippen molar-refractivity contribution in [2.45, 2.75) is 0 Å². The van der Waals surface area contributed by atoms with E-state index >= 15 is 0 Å². The van der Waals surface area contributed by atoms with Crippen LogP contribution in [0.2, 0.25) is 0 Å². The summed E-state index contributed by atoms with van der Waals surface area (Å²) in [6.45, 7) is 0. The number of nitrogens with zero attached hydrogens (tertiary/aromatic N) is 4. The first-order valence-corrected chi connectivity index (χ1v) is 23.1. The van der Waals surface area contributed by atoms with Gasteiger partial charge in [-0.15, -0.1) is 0 Å². The number of aromatic nitrogens is 4. The van der Waals surface area contributed by atoms with E-state index in [2.05, 4.69) is 223 Å². The van der Waals surface area contributed by atoms with E-state index in [4.69, 9.17) is 19.4 Å². The van der Waals surface area contributed by atoms with Crippen LogP contribution in [-0.2, 0) is 0 Å². The van der Waals surface area contributed by atoms with Crippen LogP contribution in [0, 0.1) is 0 Å². The van der Waals surface area contributed by atoms with Gasteiger partial charge in [-0.3, -0.25) is 0 Å². The van der Waals surface area contributed by atoms with Crippen molar-refractivity contribution in [3.05, 3.63) is 218 Å². The minimum Gasteiger partial charge on any atom is -0.455 e. The van der Waals surface area contributed by atoms with Gasteiger partial charge in [-0.1, -0.05) is 170 Å². The van der Waals surface area contributed by atoms with Crippen LogP contribution in [0.1, 0.15) is 0 Å². The van der Waals surface area contributed by atoms with Gasteiger partial charge in [-0.05, 0) is 113 Å². The Morgan fingerprint density at radius 1 is 0.294 bits per heavy atom. The van der Waals surface area contributed by atoms with Gasteiger partial charge in [0, 0.05) is 27.3 Å². The van der Waals surface area contributed by atoms with E-state index in [9.17, 15) is 0 Å². The molecule has 0 aliphatic carbocycles. The van der Waals surface area contributed by atoms with Crippen LogP contribution in [0.15, 0.2) is 223 Å². The molecule has 0 unspecified atom stereocenters. The predicted octanol–water partition coefficient (Wildman–Crippen LogP) is 16.8. The third-order valence-electron chi connectivity index (χ3n) is 14.1. The fraction of sp³-hybridized carbons (Fsp3) is 0. The molecule has 5 nitrogen and oxygen atoms in total. The van der Waals surface area contributed by atoms with E-state index in [1.54, 1.807) is 0 Å². The molecule has 3 aromatic heterocycles. The summed E-state index contributed by atoms with van der Waals surface area (Å²) in [6.07, 6.45) is 0. The summed E-state index contributed by atoms with van der Waals surface area (Å²) in [4.78, 5) is 16.3. The normalized spacial score (nSPS) is 12.1. The van der Waals surface area contributed by atoms with Gasteiger partial charge in [0.2, 0.25) is 0 Å². The molecule has 0 spiro atoms. The van der Waals surface area contributed by atoms with Gasteiger partial charge in [0.05, 0.1) is 27.7 Å². The molecule has 15 aromatic rings. The zero-order valence-electron chi connectivity index (χ0n) is 36.5. The van der Waals surface area contributed by atoms with E-state index in [-0.39, 0.29) is 0 Å². The standard InChI is InChI=1S/C63H36N4O/c1-3-18-41-35-56-52(32-39(41)16-1)58-46-24-10-6-15-38(46)28-30-54(58)67(56)55-31-29-50(60-59(55)53-33-40-17-2-4-19-42(40)36-57(53)68-60)62-64-61(49-27-13-21-37-14-5-8-22-44(37)49)65-63(66-62)51-34-43-20-7-9-23-45(43)47-25-11-12-26-48(47)51/h1-36H. The molecule has 0 aliphatic heterocycles. The number of hydrogen-bond acceptors (Lipinski definition) is 4. The molecule has 0 aliphatic rings. The van der Waals surface area contributed by atoms with Crippen molar-refractivity contribution in [2.24, 2.45) is 0 Å². The Balaban J connectivity index is 1.08. The number of furan rings is 1. The van der Waals surface area contributed by atoms with E-state index < -0.39 is 0 Å². The van der Waals surface area contributed by atoms with Gasteiger partial charge in [0.15, 0.2) is 17.5 Å². The monoisotopic (exact) mass is 864 g/mol. The Kier molecular flexibility index (Phi) is 7.72. The fourth-order valence-corrected chi connectivity index (χ4v) is 11.0. The Bertz CT molecular complexity index is 4630. The van der Waals surface area contributed by atoms with Gasteiger partial charge in [-0.2, -0.15) is 0 Å². The van der Waals surface area contributed by atoms with E-state index in [1.165, 1.54) is 37.7 Å². The zero-order chi connectivity index (χ0) is 44.5. The maximum Gasteiger partial charge on any atom is 0.167 e. The maximum absolute atomic E-state index is 7.22. The molecule has 3 heterocycles. The topological polar surface area (TPSA) is 56.7 Å². The van der Waals surface area contributed by atoms with Gasteiger partial charge in [0.25, 0.3) is 0 Å². The first kappa shape index (κ1) is 37.1. The zero-order valence-corrected chi connectivity index (χ0v) is 36.5. The highest BCUT2D eigenvalue weighted by Gasteiger charge is 2.25. The SMILES string of the molecule is c1ccc2cc3c(cc2c1)oc1c(-c2nc(-c4cccc5ccccc45)nc(-c4cc5ccccc5c5ccccc45)n2)ccc(-n2c4cc5ccccc5cc4c4c5ccccc5ccc42)c13. The second-order valence-corrected chi connectivity index (χ2v) is 17.9. The van der Waals surface area contributed by atoms with Crippen LogP contribution in [0.3, 0.4) is 0 Å². The number of rotatable bonds is 4. The largest absolute Gasteiger partial charge is 0.455 e. The van der Waals surface area contributed by atoms with Crippen molar-refractivity contribution >= 4 is 108 Å². The molecule has 0 amide bonds. The molecule has 0 fully saturated rings. The molecule has 0 atom stereocenters. The quantitative estimate of drug-likeness (QED) is 0.165. The third-order valence-corrected chi connectivity index (χ3v) is 14.1. The molecule has 0 radical (unpaired) electrons. The summed E-state index contributed by atoms with van der Waals surface area (Å²) >= 11 is 0. The number of hydrogen-bond donors (Lipinski definition) is 0. The van der Waals surface area contributed by atoms with Gasteiger partial charge < -0.3 is 8.98 Å². The molecule has 0 bridgehead atoms. The Labute approximate surface area is 388 Å². The van der Waals surface area contributed by atoms with Crippen LogP contribution in [-0.4, -0.2) is 19.5 Å². The highest BCUT2D eigenvalue weighted by molar-refractivity contribution is 6.25. The molecular weight excluding hydrogens is 829 g/mol. The van der Waals surface area contributed by atoms with Crippen molar-refractivity contribution in [1.29, 1.82) is 0 Å². The van der Waals surface area contributed by atoms with Crippen molar-refractivity contribution in [3.63, 3.8) is 0 Å². The van der Waals surface area contributed by atoms with Crippen LogP contribution in [0.5, 0.6) is 0 Å². The molecule has 5 heteroatoms. The number of benzene rings is 12. The Hall–Kier alpha value is -9.19. The summed E-state index contributed by atoms with van der Waals surface area (Å²) in [6, 6.07) is 78.1. The second-order valence-electron chi connectivity index (χ2n) is 17.9. The lowest BCUT2D eigenvalue weighted by atomic mass is 9.96. The average Bonchev–Trinajstić information content (AvgIpc) is 3.94. The van der Waals surface area contributed by atoms with Gasteiger partial charge >= 0.3 is 0 Å². The molecule has 0 saturated heterocycles. The van der Waals surface area contributed by atoms with Crippen molar-refractivity contribution in [2.75, 3.05) is 0 Å². The van der Waals surface area contributed by atoms with E-state index in [0.717, 1.165) is 87.5 Å². The van der Waals surface area contributed by atoms with Gasteiger partial charge in [0.1, 0.15) is 11.2 Å². The summed E-state index contributed by atoms with van der Waals surface area (Å²) in [5.41, 5.74) is 7.46. The second kappa shape index (κ2) is 14.2. The lowest BCUT2D eigenvalue weighted by Crippen LogP contribution is -2.02. The smallest absolute Gasteiger partial charge is 0.167 e. The van der Waals surface area contributed by atoms with Crippen LogP contribution >= 0.6 is 0 Å². The summed E-state index contributed by atoms with van der Waals surface area (Å²) in [5, 5.41) is 18.3. The highest BCUT2D eigenvalue weighted by Crippen LogP contribution is 2.46. The molecule has 0 N–H and O–H groups in total. The maximum atomic E-state index is 7.22. The van der Waals surface area contributed by atoms with Crippen LogP contribution < -0.4 is 0 Å². The van der Waals surface area contributed by atoms with Crippen LogP contribution in [0.25, 0.3) is 148 Å². The number of fused-ring (bicyclic) bond motifs is 14. The summed E-state index contributed by atoms with van der Waals surface area (Å²) in [5.74, 6) is 1.73. The Morgan fingerprint density at radius 3 is 1.59 bits per heavy atom. The van der Waals surface area contributed by atoms with Crippen LogP contribution in [0.4, 0.5) is 0 Å². The molecule has 68 heavy (non-hydrogen) atoms. The molecule has 12 aromatic carbocycles.